The van der Waals surface area contributed by atoms with Crippen molar-refractivity contribution in [2.24, 2.45) is 40.4 Å². The minimum atomic E-state index is -0.0555. The van der Waals surface area contributed by atoms with Crippen LogP contribution in [0.5, 0.6) is 0 Å². The quantitative estimate of drug-likeness (QED) is 0.680. The van der Waals surface area contributed by atoms with E-state index in [-0.39, 0.29) is 22.7 Å². The van der Waals surface area contributed by atoms with E-state index in [4.69, 9.17) is 0 Å². The second-order valence-corrected chi connectivity index (χ2v) is 11.6. The van der Waals surface area contributed by atoms with E-state index in [1.165, 1.54) is 64.5 Å². The smallest absolute Gasteiger partial charge is 0.137 e. The molecule has 5 fully saturated rings. The molecule has 0 amide bonds. The molecule has 8 atom stereocenters. The van der Waals surface area contributed by atoms with Gasteiger partial charge in [0.1, 0.15) is 11.6 Å². The highest BCUT2D eigenvalue weighted by Gasteiger charge is 2.63. The normalized spacial score (nSPS) is 51.5. The summed E-state index contributed by atoms with van der Waals surface area (Å²) < 4.78 is 0. The standard InChI is InChI=1S/C25H39NO2/c1-16(27)20-8-9-21-19-7-6-17-14-18(26-12-4-5-13-26)10-11-24(17,2)23(19)22(28)15-25(20,21)3/h17-21,23H,4-15H2,1-3H3/t17-,18+,19-,20-,21+,23-,24-,25+/m0/s1. The van der Waals surface area contributed by atoms with Crippen molar-refractivity contribution in [2.45, 2.75) is 91.0 Å². The molecule has 0 unspecified atom stereocenters. The van der Waals surface area contributed by atoms with E-state index < -0.39 is 0 Å². The monoisotopic (exact) mass is 385 g/mol. The van der Waals surface area contributed by atoms with Crippen LogP contribution >= 0.6 is 0 Å². The van der Waals surface area contributed by atoms with Gasteiger partial charge < -0.3 is 4.90 Å². The van der Waals surface area contributed by atoms with Gasteiger partial charge in [-0.05, 0) is 106 Å². The number of hydrogen-bond acceptors (Lipinski definition) is 3. The van der Waals surface area contributed by atoms with E-state index in [2.05, 4.69) is 18.7 Å². The third kappa shape index (κ3) is 2.63. The third-order valence-electron chi connectivity index (χ3n) is 10.5. The number of nitrogens with zero attached hydrogens (tertiary/aromatic N) is 1. The molecule has 1 heterocycles. The van der Waals surface area contributed by atoms with E-state index in [1.54, 1.807) is 6.92 Å². The zero-order valence-corrected chi connectivity index (χ0v) is 18.2. The molecule has 0 aromatic carbocycles. The predicted molar refractivity (Wildman–Crippen MR) is 111 cm³/mol. The molecule has 28 heavy (non-hydrogen) atoms. The maximum atomic E-state index is 13.6. The molecular weight excluding hydrogens is 346 g/mol. The summed E-state index contributed by atoms with van der Waals surface area (Å²) in [5.74, 6) is 3.10. The van der Waals surface area contributed by atoms with Crippen LogP contribution in [-0.4, -0.2) is 35.6 Å². The van der Waals surface area contributed by atoms with Crippen LogP contribution in [0.1, 0.15) is 85.0 Å². The fraction of sp³-hybridized carbons (Fsp3) is 0.920. The van der Waals surface area contributed by atoms with Crippen LogP contribution in [0.2, 0.25) is 0 Å². The lowest BCUT2D eigenvalue weighted by atomic mass is 9.44. The Labute approximate surface area is 171 Å². The molecule has 1 aliphatic heterocycles. The van der Waals surface area contributed by atoms with E-state index in [1.807, 2.05) is 0 Å². The summed E-state index contributed by atoms with van der Waals surface area (Å²) in [5.41, 5.74) is 0.159. The Morgan fingerprint density at radius 3 is 2.46 bits per heavy atom. The average molecular weight is 386 g/mol. The van der Waals surface area contributed by atoms with E-state index >= 15 is 0 Å². The zero-order valence-electron chi connectivity index (χ0n) is 18.2. The van der Waals surface area contributed by atoms with E-state index in [0.29, 0.717) is 29.8 Å². The van der Waals surface area contributed by atoms with Crippen molar-refractivity contribution in [3.63, 3.8) is 0 Å². The molecule has 0 bridgehead atoms. The summed E-state index contributed by atoms with van der Waals surface area (Å²) in [6.07, 6.45) is 12.0. The molecule has 3 nitrogen and oxygen atoms in total. The van der Waals surface area contributed by atoms with E-state index in [0.717, 1.165) is 18.4 Å². The maximum Gasteiger partial charge on any atom is 0.137 e. The highest BCUT2D eigenvalue weighted by Crippen LogP contribution is 2.66. The first-order valence-electron chi connectivity index (χ1n) is 12.1. The fourth-order valence-electron chi connectivity index (χ4n) is 9.16. The van der Waals surface area contributed by atoms with Crippen molar-refractivity contribution in [3.8, 4) is 0 Å². The molecule has 1 saturated heterocycles. The lowest BCUT2D eigenvalue weighted by Gasteiger charge is -2.60. The van der Waals surface area contributed by atoms with Crippen LogP contribution in [0.15, 0.2) is 0 Å². The summed E-state index contributed by atoms with van der Waals surface area (Å²) in [5, 5.41) is 0. The number of carbonyl (C=O) groups is 2. The summed E-state index contributed by atoms with van der Waals surface area (Å²) in [6, 6.07) is 0.773. The Kier molecular flexibility index (Phi) is 4.58. The highest BCUT2D eigenvalue weighted by atomic mass is 16.1. The van der Waals surface area contributed by atoms with Gasteiger partial charge >= 0.3 is 0 Å². The molecule has 0 N–H and O–H groups in total. The molecule has 5 rings (SSSR count). The lowest BCUT2D eigenvalue weighted by molar-refractivity contribution is -0.160. The van der Waals surface area contributed by atoms with Crippen LogP contribution < -0.4 is 0 Å². The minimum Gasteiger partial charge on any atom is -0.300 e. The Bertz CT molecular complexity index is 667. The Balaban J connectivity index is 1.40. The Morgan fingerprint density at radius 1 is 1.00 bits per heavy atom. The molecule has 0 aromatic heterocycles. The largest absolute Gasteiger partial charge is 0.300 e. The highest BCUT2D eigenvalue weighted by molar-refractivity contribution is 5.87. The van der Waals surface area contributed by atoms with Crippen molar-refractivity contribution in [1.29, 1.82) is 0 Å². The zero-order chi connectivity index (χ0) is 19.7. The predicted octanol–water partition coefficient (Wildman–Crippen LogP) is 4.88. The number of fused-ring (bicyclic) bond motifs is 5. The van der Waals surface area contributed by atoms with Crippen molar-refractivity contribution < 1.29 is 9.59 Å². The molecule has 4 saturated carbocycles. The lowest BCUT2D eigenvalue weighted by Crippen LogP contribution is -2.58. The number of carbonyl (C=O) groups excluding carboxylic acids is 2. The Hall–Kier alpha value is -0.700. The van der Waals surface area contributed by atoms with Crippen LogP contribution in [0.4, 0.5) is 0 Å². The van der Waals surface area contributed by atoms with Gasteiger partial charge in [0.2, 0.25) is 0 Å². The van der Waals surface area contributed by atoms with Gasteiger partial charge in [-0.25, -0.2) is 0 Å². The van der Waals surface area contributed by atoms with Crippen molar-refractivity contribution >= 4 is 11.6 Å². The van der Waals surface area contributed by atoms with Gasteiger partial charge in [0.15, 0.2) is 0 Å². The van der Waals surface area contributed by atoms with Crippen molar-refractivity contribution in [3.05, 3.63) is 0 Å². The van der Waals surface area contributed by atoms with Crippen molar-refractivity contribution in [2.75, 3.05) is 13.1 Å². The number of ketones is 2. The van der Waals surface area contributed by atoms with Gasteiger partial charge in [-0.2, -0.15) is 0 Å². The van der Waals surface area contributed by atoms with Gasteiger partial charge in [-0.3, -0.25) is 9.59 Å². The first-order valence-corrected chi connectivity index (χ1v) is 12.1. The van der Waals surface area contributed by atoms with Gasteiger partial charge in [0.05, 0.1) is 0 Å². The number of hydrogen-bond donors (Lipinski definition) is 0. The van der Waals surface area contributed by atoms with Gasteiger partial charge in [-0.1, -0.05) is 13.8 Å². The van der Waals surface area contributed by atoms with Crippen LogP contribution in [-0.2, 0) is 9.59 Å². The number of Topliss-reactive ketones (excluding diaryl/α,β-unsaturated/α-hetero) is 2. The fourth-order valence-corrected chi connectivity index (χ4v) is 9.16. The molecule has 4 aliphatic carbocycles. The number of rotatable bonds is 2. The van der Waals surface area contributed by atoms with Crippen LogP contribution in [0.3, 0.4) is 0 Å². The second-order valence-electron chi connectivity index (χ2n) is 11.6. The van der Waals surface area contributed by atoms with Crippen molar-refractivity contribution in [1.82, 2.24) is 4.90 Å². The SMILES string of the molecule is CC(=O)[C@@H]1CC[C@@H]2[C@@H]3CC[C@H]4C[C@H](N5CCCC5)CC[C@]4(C)[C@@H]3C(=O)C[C@@]21C. The van der Waals surface area contributed by atoms with Crippen LogP contribution in [0.25, 0.3) is 0 Å². The van der Waals surface area contributed by atoms with Crippen LogP contribution in [0, 0.1) is 40.4 Å². The van der Waals surface area contributed by atoms with E-state index in [9.17, 15) is 9.59 Å². The van der Waals surface area contributed by atoms with Gasteiger partial charge in [0, 0.05) is 24.3 Å². The summed E-state index contributed by atoms with van der Waals surface area (Å²) in [4.78, 5) is 28.7. The van der Waals surface area contributed by atoms with Gasteiger partial charge in [-0.15, -0.1) is 0 Å². The first-order chi connectivity index (χ1) is 13.3. The molecular formula is C25H39NO2. The average Bonchev–Trinajstić information content (AvgIpc) is 3.27. The summed E-state index contributed by atoms with van der Waals surface area (Å²) in [7, 11) is 0. The number of likely N-dealkylation sites (tertiary alicyclic amines) is 1. The molecule has 3 heteroatoms. The molecule has 0 spiro atoms. The third-order valence-corrected chi connectivity index (χ3v) is 10.5. The first kappa shape index (κ1) is 19.3. The maximum absolute atomic E-state index is 13.6. The minimum absolute atomic E-state index is 0.0555. The topological polar surface area (TPSA) is 37.4 Å². The molecule has 0 aromatic rings. The molecule has 156 valence electrons. The summed E-state index contributed by atoms with van der Waals surface area (Å²) >= 11 is 0. The molecule has 5 aliphatic rings. The Morgan fingerprint density at radius 2 is 1.75 bits per heavy atom. The summed E-state index contributed by atoms with van der Waals surface area (Å²) in [6.45, 7) is 9.11. The second kappa shape index (κ2) is 6.65. The molecule has 0 radical (unpaired) electrons. The van der Waals surface area contributed by atoms with Gasteiger partial charge in [0.25, 0.3) is 0 Å².